The van der Waals surface area contributed by atoms with Crippen LogP contribution in [0.5, 0.6) is 11.5 Å². The Balaban J connectivity index is 1.73. The van der Waals surface area contributed by atoms with Gasteiger partial charge >= 0.3 is 5.97 Å². The van der Waals surface area contributed by atoms with Gasteiger partial charge in [-0.05, 0) is 35.8 Å². The molecule has 27 heavy (non-hydrogen) atoms. The molecule has 0 saturated heterocycles. The zero-order valence-corrected chi connectivity index (χ0v) is 15.4. The van der Waals surface area contributed by atoms with Gasteiger partial charge in [0.25, 0.3) is 0 Å². The molecule has 0 spiro atoms. The summed E-state index contributed by atoms with van der Waals surface area (Å²) in [5, 5.41) is 9.51. The molecule has 0 amide bonds. The number of rotatable bonds is 6. The standard InChI is InChI=1S/C23H21NO3/c1-4-9-19-21(23(19,2)3)22(25)27-20(15-24)16-10-8-13-18(14-16)26-17-11-6-5-7-12-17/h5-14,19-21H,1H2,2-3H3/t19-,20-,21+/m1/s1. The van der Waals surface area contributed by atoms with Gasteiger partial charge in [-0.3, -0.25) is 4.79 Å². The smallest absolute Gasteiger partial charge is 0.311 e. The lowest BCUT2D eigenvalue weighted by atomic mass is 10.1. The fourth-order valence-electron chi connectivity index (χ4n) is 3.29. The van der Waals surface area contributed by atoms with E-state index in [1.165, 1.54) is 0 Å². The van der Waals surface area contributed by atoms with Crippen LogP contribution in [0.15, 0.2) is 73.0 Å². The molecule has 1 aliphatic carbocycles. The first-order valence-electron chi connectivity index (χ1n) is 8.76. The lowest BCUT2D eigenvalue weighted by molar-refractivity contribution is -0.149. The molecular weight excluding hydrogens is 338 g/mol. The number of carbonyl (C=O) groups is 1. The lowest BCUT2D eigenvalue weighted by Gasteiger charge is -2.13. The van der Waals surface area contributed by atoms with Crippen LogP contribution in [0.2, 0.25) is 0 Å². The molecule has 136 valence electrons. The van der Waals surface area contributed by atoms with E-state index >= 15 is 0 Å². The van der Waals surface area contributed by atoms with E-state index in [0.717, 1.165) is 0 Å². The number of nitrogens with zero attached hydrogens (tertiary/aromatic N) is 1. The van der Waals surface area contributed by atoms with Gasteiger partial charge in [-0.1, -0.05) is 50.8 Å². The first kappa shape index (κ1) is 18.5. The van der Waals surface area contributed by atoms with E-state index in [4.69, 9.17) is 9.47 Å². The van der Waals surface area contributed by atoms with Crippen molar-refractivity contribution in [1.29, 1.82) is 5.26 Å². The van der Waals surface area contributed by atoms with Crippen LogP contribution in [0.1, 0.15) is 25.5 Å². The molecule has 3 rings (SSSR count). The van der Waals surface area contributed by atoms with Crippen molar-refractivity contribution in [3.8, 4) is 17.6 Å². The summed E-state index contributed by atoms with van der Waals surface area (Å²) >= 11 is 0. The fourth-order valence-corrected chi connectivity index (χ4v) is 3.29. The summed E-state index contributed by atoms with van der Waals surface area (Å²) in [7, 11) is 0. The number of hydrogen-bond acceptors (Lipinski definition) is 4. The Morgan fingerprint density at radius 2 is 1.89 bits per heavy atom. The van der Waals surface area contributed by atoms with Gasteiger partial charge in [-0.15, -0.1) is 5.73 Å². The summed E-state index contributed by atoms with van der Waals surface area (Å²) in [4.78, 5) is 12.6. The maximum Gasteiger partial charge on any atom is 0.311 e. The van der Waals surface area contributed by atoms with Crippen molar-refractivity contribution in [1.82, 2.24) is 0 Å². The average molecular weight is 359 g/mol. The second-order valence-electron chi connectivity index (χ2n) is 7.13. The normalized spacial score (nSPS) is 20.5. The van der Waals surface area contributed by atoms with Gasteiger partial charge in [0.2, 0.25) is 6.10 Å². The van der Waals surface area contributed by atoms with Gasteiger partial charge in [0, 0.05) is 11.5 Å². The van der Waals surface area contributed by atoms with Gasteiger partial charge in [0.05, 0.1) is 5.92 Å². The third-order valence-electron chi connectivity index (χ3n) is 4.95. The predicted molar refractivity (Wildman–Crippen MR) is 102 cm³/mol. The highest BCUT2D eigenvalue weighted by atomic mass is 16.5. The van der Waals surface area contributed by atoms with Crippen molar-refractivity contribution in [3.63, 3.8) is 0 Å². The van der Waals surface area contributed by atoms with Crippen LogP contribution in [-0.2, 0) is 9.53 Å². The molecule has 0 heterocycles. The highest BCUT2D eigenvalue weighted by Gasteiger charge is 2.61. The maximum atomic E-state index is 12.6. The summed E-state index contributed by atoms with van der Waals surface area (Å²) in [6, 6.07) is 18.4. The number of hydrogen-bond donors (Lipinski definition) is 0. The molecule has 0 aliphatic heterocycles. The second kappa shape index (κ2) is 7.53. The maximum absolute atomic E-state index is 12.6. The van der Waals surface area contributed by atoms with Gasteiger partial charge in [0.1, 0.15) is 17.6 Å². The number of ether oxygens (including phenoxy) is 2. The third kappa shape index (κ3) is 3.95. The molecule has 0 aromatic heterocycles. The largest absolute Gasteiger partial charge is 0.457 e. The minimum absolute atomic E-state index is 0.0367. The van der Waals surface area contributed by atoms with E-state index in [1.807, 2.05) is 44.2 Å². The molecule has 4 nitrogen and oxygen atoms in total. The molecule has 1 aliphatic rings. The van der Waals surface area contributed by atoms with Crippen molar-refractivity contribution >= 4 is 5.97 Å². The minimum atomic E-state index is -0.985. The minimum Gasteiger partial charge on any atom is -0.457 e. The Bertz CT molecular complexity index is 920. The SMILES string of the molecule is C=C=C[C@@H]1[C@@H](C(=O)O[C@H](C#N)c2cccc(Oc3ccccc3)c2)C1(C)C. The second-order valence-corrected chi connectivity index (χ2v) is 7.13. The Kier molecular flexibility index (Phi) is 5.16. The molecule has 1 saturated carbocycles. The topological polar surface area (TPSA) is 59.3 Å². The van der Waals surface area contributed by atoms with E-state index in [0.29, 0.717) is 17.1 Å². The van der Waals surface area contributed by atoms with Crippen molar-refractivity contribution in [2.75, 3.05) is 0 Å². The molecule has 2 aromatic rings. The number of allylic oxidation sites excluding steroid dienone is 1. The molecular formula is C23H21NO3. The van der Waals surface area contributed by atoms with Crippen molar-refractivity contribution in [2.24, 2.45) is 17.3 Å². The van der Waals surface area contributed by atoms with E-state index < -0.39 is 6.10 Å². The molecule has 3 atom stereocenters. The first-order chi connectivity index (χ1) is 13.0. The molecule has 0 unspecified atom stereocenters. The molecule has 0 radical (unpaired) electrons. The number of para-hydroxylation sites is 1. The van der Waals surface area contributed by atoms with Gasteiger partial charge in [-0.25, -0.2) is 0 Å². The number of nitriles is 1. The quantitative estimate of drug-likeness (QED) is 0.525. The van der Waals surface area contributed by atoms with E-state index in [2.05, 4.69) is 18.4 Å². The zero-order chi connectivity index (χ0) is 19.4. The van der Waals surface area contributed by atoms with Gasteiger partial charge < -0.3 is 9.47 Å². The van der Waals surface area contributed by atoms with E-state index in [-0.39, 0.29) is 23.2 Å². The molecule has 4 heteroatoms. The van der Waals surface area contributed by atoms with Crippen LogP contribution in [0.4, 0.5) is 0 Å². The van der Waals surface area contributed by atoms with Gasteiger partial charge in [0.15, 0.2) is 0 Å². The van der Waals surface area contributed by atoms with Gasteiger partial charge in [-0.2, -0.15) is 5.26 Å². The van der Waals surface area contributed by atoms with Crippen LogP contribution in [0.3, 0.4) is 0 Å². The Labute approximate surface area is 159 Å². The predicted octanol–water partition coefficient (Wildman–Crippen LogP) is 5.20. The Morgan fingerprint density at radius 1 is 1.19 bits per heavy atom. The van der Waals surface area contributed by atoms with Crippen LogP contribution in [0, 0.1) is 28.6 Å². The summed E-state index contributed by atoms with van der Waals surface area (Å²) in [6.45, 7) is 7.56. The highest BCUT2D eigenvalue weighted by Crippen LogP contribution is 2.59. The van der Waals surface area contributed by atoms with Crippen molar-refractivity contribution < 1.29 is 14.3 Å². The monoisotopic (exact) mass is 359 g/mol. The number of carbonyl (C=O) groups excluding carboxylic acids is 1. The number of benzene rings is 2. The van der Waals surface area contributed by atoms with Crippen molar-refractivity contribution in [3.05, 3.63) is 78.5 Å². The third-order valence-corrected chi connectivity index (χ3v) is 4.95. The molecule has 0 N–H and O–H groups in total. The van der Waals surface area contributed by atoms with E-state index in [1.54, 1.807) is 30.3 Å². The lowest BCUT2D eigenvalue weighted by Crippen LogP contribution is -2.14. The highest BCUT2D eigenvalue weighted by molar-refractivity contribution is 5.78. The zero-order valence-electron chi connectivity index (χ0n) is 15.4. The number of esters is 1. The van der Waals surface area contributed by atoms with Crippen LogP contribution >= 0.6 is 0 Å². The summed E-state index contributed by atoms with van der Waals surface area (Å²) in [5.41, 5.74) is 3.10. The molecule has 1 fully saturated rings. The summed E-state index contributed by atoms with van der Waals surface area (Å²) < 4.78 is 11.3. The molecule has 0 bridgehead atoms. The first-order valence-corrected chi connectivity index (χ1v) is 8.76. The summed E-state index contributed by atoms with van der Waals surface area (Å²) in [6.07, 6.45) is 0.809. The van der Waals surface area contributed by atoms with Crippen LogP contribution < -0.4 is 4.74 Å². The summed E-state index contributed by atoms with van der Waals surface area (Å²) in [5.74, 6) is 0.645. The Morgan fingerprint density at radius 3 is 2.56 bits per heavy atom. The van der Waals surface area contributed by atoms with Crippen LogP contribution in [0.25, 0.3) is 0 Å². The molecule has 2 aromatic carbocycles. The average Bonchev–Trinajstić information content (AvgIpc) is 3.21. The van der Waals surface area contributed by atoms with Crippen molar-refractivity contribution in [2.45, 2.75) is 20.0 Å². The Hall–Kier alpha value is -3.28. The fraction of sp³-hybridized carbons (Fsp3) is 0.261. The van der Waals surface area contributed by atoms with E-state index in [9.17, 15) is 10.1 Å². The van der Waals surface area contributed by atoms with Crippen LogP contribution in [-0.4, -0.2) is 5.97 Å².